The van der Waals surface area contributed by atoms with E-state index >= 15 is 0 Å². The Bertz CT molecular complexity index is 568. The quantitative estimate of drug-likeness (QED) is 0.836. The second-order valence-corrected chi connectivity index (χ2v) is 6.74. The predicted octanol–water partition coefficient (Wildman–Crippen LogP) is 1.46. The van der Waals surface area contributed by atoms with Crippen molar-refractivity contribution in [3.8, 4) is 0 Å². The van der Waals surface area contributed by atoms with Crippen molar-refractivity contribution >= 4 is 40.7 Å². The summed E-state index contributed by atoms with van der Waals surface area (Å²) >= 11 is 12.1. The Labute approximate surface area is 146 Å². The van der Waals surface area contributed by atoms with Gasteiger partial charge in [-0.15, -0.1) is 0 Å². The number of carbonyl (C=O) groups excluding carboxylic acids is 2. The lowest BCUT2D eigenvalue weighted by atomic mass is 10.2. The van der Waals surface area contributed by atoms with Crippen LogP contribution in [0.25, 0.3) is 0 Å². The van der Waals surface area contributed by atoms with Gasteiger partial charge in [0.15, 0.2) is 12.6 Å². The number of quaternary nitrogens is 1. The lowest BCUT2D eigenvalue weighted by Crippen LogP contribution is -3.15. The highest BCUT2D eigenvalue weighted by molar-refractivity contribution is 6.39. The lowest BCUT2D eigenvalue weighted by molar-refractivity contribution is -0.886. The maximum atomic E-state index is 12.4. The molecule has 23 heavy (non-hydrogen) atoms. The Morgan fingerprint density at radius 2 is 1.83 bits per heavy atom. The molecule has 0 radical (unpaired) electrons. The van der Waals surface area contributed by atoms with Gasteiger partial charge in [0.2, 0.25) is 0 Å². The van der Waals surface area contributed by atoms with Gasteiger partial charge >= 0.3 is 0 Å². The highest BCUT2D eigenvalue weighted by Crippen LogP contribution is 2.29. The van der Waals surface area contributed by atoms with Gasteiger partial charge < -0.3 is 15.1 Å². The molecule has 1 aliphatic heterocycles. The number of nitrogens with one attached hydrogen (secondary N) is 2. The summed E-state index contributed by atoms with van der Waals surface area (Å²) in [7, 11) is 1.84. The van der Waals surface area contributed by atoms with E-state index in [0.29, 0.717) is 15.7 Å². The molecular formula is C16H22Cl2N3O2+. The molecule has 1 unspecified atom stereocenters. The minimum Gasteiger partial charge on any atom is -0.338 e. The Kier molecular flexibility index (Phi) is 6.27. The van der Waals surface area contributed by atoms with Crippen LogP contribution < -0.4 is 10.2 Å². The number of benzene rings is 1. The molecule has 2 N–H and O–H groups in total. The summed E-state index contributed by atoms with van der Waals surface area (Å²) in [5.74, 6) is -0.123. The van der Waals surface area contributed by atoms with Crippen molar-refractivity contribution in [1.29, 1.82) is 0 Å². The molecule has 7 heteroatoms. The van der Waals surface area contributed by atoms with Gasteiger partial charge in [-0.3, -0.25) is 9.59 Å². The molecule has 2 rings (SSSR count). The molecule has 5 nitrogen and oxygen atoms in total. The Morgan fingerprint density at radius 1 is 1.26 bits per heavy atom. The summed E-state index contributed by atoms with van der Waals surface area (Å²) in [6.07, 6.45) is 2.12. The molecule has 1 saturated heterocycles. The van der Waals surface area contributed by atoms with Crippen molar-refractivity contribution in [3.63, 3.8) is 0 Å². The lowest BCUT2D eigenvalue weighted by Gasteiger charge is -2.25. The fourth-order valence-corrected chi connectivity index (χ4v) is 3.12. The third-order valence-corrected chi connectivity index (χ3v) is 4.82. The van der Waals surface area contributed by atoms with Gasteiger partial charge in [-0.25, -0.2) is 0 Å². The first-order valence-corrected chi connectivity index (χ1v) is 8.50. The normalized spacial score (nSPS) is 17.0. The number of carbonyl (C=O) groups is 2. The Hall–Kier alpha value is -1.30. The molecule has 1 aliphatic rings. The molecular weight excluding hydrogens is 337 g/mol. The fraction of sp³-hybridized carbons (Fsp3) is 0.500. The average molecular weight is 359 g/mol. The highest BCUT2D eigenvalue weighted by Gasteiger charge is 2.29. The number of likely N-dealkylation sites (tertiary alicyclic amines) is 1. The van der Waals surface area contributed by atoms with Crippen molar-refractivity contribution in [1.82, 2.24) is 4.90 Å². The first-order valence-electron chi connectivity index (χ1n) is 7.75. The SMILES string of the molecule is C[C@@H](C(=O)N1CCCC1)[NH+](C)CC(=O)Nc1c(Cl)cccc1Cl. The zero-order chi connectivity index (χ0) is 17.0. The molecule has 2 atom stereocenters. The van der Waals surface area contributed by atoms with Crippen LogP contribution in [0.3, 0.4) is 0 Å². The fourth-order valence-electron chi connectivity index (χ4n) is 2.63. The number of rotatable bonds is 5. The maximum Gasteiger partial charge on any atom is 0.280 e. The monoisotopic (exact) mass is 358 g/mol. The molecule has 1 aromatic carbocycles. The topological polar surface area (TPSA) is 53.9 Å². The molecule has 1 aromatic rings. The summed E-state index contributed by atoms with van der Waals surface area (Å²) in [5, 5.41) is 3.51. The summed E-state index contributed by atoms with van der Waals surface area (Å²) < 4.78 is 0. The summed E-state index contributed by atoms with van der Waals surface area (Å²) in [4.78, 5) is 27.3. The number of nitrogens with zero attached hydrogens (tertiary/aromatic N) is 1. The van der Waals surface area contributed by atoms with Crippen LogP contribution in [0.15, 0.2) is 18.2 Å². The van der Waals surface area contributed by atoms with Crippen LogP contribution in [-0.2, 0) is 9.59 Å². The van der Waals surface area contributed by atoms with Crippen molar-refractivity contribution < 1.29 is 14.5 Å². The molecule has 126 valence electrons. The molecule has 0 aliphatic carbocycles. The largest absolute Gasteiger partial charge is 0.338 e. The first-order chi connectivity index (χ1) is 10.9. The number of amides is 2. The molecule has 2 amide bonds. The van der Waals surface area contributed by atoms with Crippen LogP contribution in [0.2, 0.25) is 10.0 Å². The first kappa shape index (κ1) is 18.0. The van der Waals surface area contributed by atoms with Crippen LogP contribution >= 0.6 is 23.2 Å². The number of para-hydroxylation sites is 1. The smallest absolute Gasteiger partial charge is 0.280 e. The van der Waals surface area contributed by atoms with Crippen LogP contribution in [0.1, 0.15) is 19.8 Å². The van der Waals surface area contributed by atoms with Crippen LogP contribution in [-0.4, -0.2) is 49.4 Å². The van der Waals surface area contributed by atoms with Crippen LogP contribution in [0, 0.1) is 0 Å². The van der Waals surface area contributed by atoms with E-state index in [-0.39, 0.29) is 24.4 Å². The third kappa shape index (κ3) is 4.59. The zero-order valence-electron chi connectivity index (χ0n) is 13.4. The van der Waals surface area contributed by atoms with E-state index in [1.165, 1.54) is 0 Å². The van der Waals surface area contributed by atoms with Gasteiger partial charge in [-0.1, -0.05) is 29.3 Å². The number of halogens is 2. The van der Waals surface area contributed by atoms with Gasteiger partial charge in [0.25, 0.3) is 11.8 Å². The average Bonchev–Trinajstić information content (AvgIpc) is 3.04. The molecule has 0 aromatic heterocycles. The predicted molar refractivity (Wildman–Crippen MR) is 92.1 cm³/mol. The zero-order valence-corrected chi connectivity index (χ0v) is 14.9. The van der Waals surface area contributed by atoms with Gasteiger partial charge in [-0.05, 0) is 31.9 Å². The maximum absolute atomic E-state index is 12.4. The number of hydrogen-bond acceptors (Lipinski definition) is 2. The molecule has 0 bridgehead atoms. The van der Waals surface area contributed by atoms with Crippen molar-refractivity contribution in [3.05, 3.63) is 28.2 Å². The van der Waals surface area contributed by atoms with Crippen molar-refractivity contribution in [2.75, 3.05) is 32.0 Å². The summed E-state index contributed by atoms with van der Waals surface area (Å²) in [6.45, 7) is 3.66. The van der Waals surface area contributed by atoms with E-state index in [4.69, 9.17) is 23.2 Å². The Morgan fingerprint density at radius 3 is 2.39 bits per heavy atom. The van der Waals surface area contributed by atoms with E-state index in [1.54, 1.807) is 18.2 Å². The number of likely N-dealkylation sites (N-methyl/N-ethyl adjacent to an activating group) is 1. The summed E-state index contributed by atoms with van der Waals surface area (Å²) in [6, 6.07) is 4.79. The minimum atomic E-state index is -0.263. The number of anilines is 1. The highest BCUT2D eigenvalue weighted by atomic mass is 35.5. The van der Waals surface area contributed by atoms with E-state index in [9.17, 15) is 9.59 Å². The van der Waals surface area contributed by atoms with Crippen molar-refractivity contribution in [2.45, 2.75) is 25.8 Å². The minimum absolute atomic E-state index is 0.101. The second kappa shape index (κ2) is 7.99. The van der Waals surface area contributed by atoms with Crippen molar-refractivity contribution in [2.24, 2.45) is 0 Å². The van der Waals surface area contributed by atoms with Gasteiger partial charge in [0.1, 0.15) is 0 Å². The second-order valence-electron chi connectivity index (χ2n) is 5.92. The summed E-state index contributed by atoms with van der Waals surface area (Å²) in [5.41, 5.74) is 0.409. The molecule has 1 heterocycles. The molecule has 0 spiro atoms. The van der Waals surface area contributed by atoms with E-state index in [1.807, 2.05) is 18.9 Å². The number of hydrogen-bond donors (Lipinski definition) is 2. The van der Waals surface area contributed by atoms with E-state index < -0.39 is 0 Å². The van der Waals surface area contributed by atoms with Gasteiger partial charge in [-0.2, -0.15) is 0 Å². The standard InChI is InChI=1S/C16H21Cl2N3O2/c1-11(16(23)21-8-3-4-9-21)20(2)10-14(22)19-15-12(17)6-5-7-13(15)18/h5-7,11H,3-4,8-10H2,1-2H3,(H,19,22)/p+1/t11-/m0/s1. The Balaban J connectivity index is 1.92. The van der Waals surface area contributed by atoms with Crippen LogP contribution in [0.5, 0.6) is 0 Å². The van der Waals surface area contributed by atoms with Gasteiger partial charge in [0.05, 0.1) is 22.8 Å². The molecule has 1 fully saturated rings. The van der Waals surface area contributed by atoms with Crippen LogP contribution in [0.4, 0.5) is 5.69 Å². The van der Waals surface area contributed by atoms with E-state index in [2.05, 4.69) is 5.32 Å². The molecule has 0 saturated carbocycles. The third-order valence-electron chi connectivity index (χ3n) is 4.19. The van der Waals surface area contributed by atoms with Gasteiger partial charge in [0, 0.05) is 13.1 Å². The van der Waals surface area contributed by atoms with E-state index in [0.717, 1.165) is 30.8 Å².